The summed E-state index contributed by atoms with van der Waals surface area (Å²) < 4.78 is 45.7. The summed E-state index contributed by atoms with van der Waals surface area (Å²) in [6.45, 7) is 11.3. The smallest absolute Gasteiger partial charge is 0.416 e. The van der Waals surface area contributed by atoms with Gasteiger partial charge in [-0.1, -0.05) is 179 Å². The van der Waals surface area contributed by atoms with E-state index in [0.717, 1.165) is 93.3 Å². The Labute approximate surface area is 374 Å². The Morgan fingerprint density at radius 2 is 1.07 bits per heavy atom. The molecular weight excluding hydrogens is 792 g/mol. The molecule has 2 aromatic rings. The van der Waals surface area contributed by atoms with Gasteiger partial charge >= 0.3 is 12.1 Å². The summed E-state index contributed by atoms with van der Waals surface area (Å²) in [6, 6.07) is 12.0. The largest absolute Gasteiger partial charge is 0.464 e. The summed E-state index contributed by atoms with van der Waals surface area (Å²) in [5, 5.41) is 8.71. The minimum atomic E-state index is -4.37. The van der Waals surface area contributed by atoms with Crippen LogP contribution in [0.5, 0.6) is 0 Å². The zero-order valence-electron chi connectivity index (χ0n) is 38.4. The topological polar surface area (TPSA) is 56.2 Å². The van der Waals surface area contributed by atoms with Crippen LogP contribution in [0.4, 0.5) is 24.5 Å². The molecule has 1 N–H and O–H groups in total. The number of carbonyl (C=O) groups is 1. The summed E-state index contributed by atoms with van der Waals surface area (Å²) in [7, 11) is 0. The number of rotatable bonds is 32. The fourth-order valence-corrected chi connectivity index (χ4v) is 9.44. The Bertz CT molecular complexity index is 1380. The monoisotopic (exact) mass is 876 g/mol. The molecule has 61 heavy (non-hydrogen) atoms. The van der Waals surface area contributed by atoms with Gasteiger partial charge in [-0.15, -0.1) is 0 Å². The molecule has 0 aromatic heterocycles. The Balaban J connectivity index is 0.000000372. The highest BCUT2D eigenvalue weighted by Gasteiger charge is 2.33. The van der Waals surface area contributed by atoms with Crippen LogP contribution in [0.2, 0.25) is 0 Å². The number of benzene rings is 2. The minimum absolute atomic E-state index is 0.0960. The number of nitrogens with zero attached hydrogens (tertiary/aromatic N) is 3. The maximum Gasteiger partial charge on any atom is 0.416 e. The average molecular weight is 876 g/mol. The first-order valence-electron chi connectivity index (χ1n) is 24.7. The van der Waals surface area contributed by atoms with Crippen molar-refractivity contribution in [2.45, 2.75) is 197 Å². The highest BCUT2D eigenvalue weighted by molar-refractivity contribution is 7.99. The zero-order chi connectivity index (χ0) is 43.8. The van der Waals surface area contributed by atoms with E-state index in [1.54, 1.807) is 6.07 Å². The number of aliphatic hydroxyl groups is 1. The van der Waals surface area contributed by atoms with Crippen molar-refractivity contribution < 1.29 is 27.8 Å². The van der Waals surface area contributed by atoms with E-state index in [1.807, 2.05) is 29.2 Å². The highest BCUT2D eigenvalue weighted by atomic mass is 32.2. The van der Waals surface area contributed by atoms with E-state index in [0.29, 0.717) is 31.9 Å². The molecule has 0 saturated carbocycles. The third-order valence-corrected chi connectivity index (χ3v) is 13.3. The number of ether oxygens (including phenoxy) is 1. The predicted molar refractivity (Wildman–Crippen MR) is 251 cm³/mol. The van der Waals surface area contributed by atoms with Crippen LogP contribution >= 0.6 is 11.8 Å². The number of esters is 1. The molecule has 0 bridgehead atoms. The van der Waals surface area contributed by atoms with Crippen molar-refractivity contribution in [3.63, 3.8) is 0 Å². The maximum atomic E-state index is 13.4. The van der Waals surface area contributed by atoms with Crippen LogP contribution in [-0.4, -0.2) is 79.9 Å². The molecule has 6 nitrogen and oxygen atoms in total. The van der Waals surface area contributed by atoms with Crippen LogP contribution in [0.15, 0.2) is 52.3 Å². The number of carbonyl (C=O) groups excluding carboxylic acids is 1. The lowest BCUT2D eigenvalue weighted by molar-refractivity contribution is -0.144. The van der Waals surface area contributed by atoms with Crippen LogP contribution < -0.4 is 4.90 Å². The Morgan fingerprint density at radius 3 is 1.59 bits per heavy atom. The molecule has 348 valence electrons. The molecule has 0 radical (unpaired) electrons. The lowest BCUT2D eigenvalue weighted by Gasteiger charge is -2.36. The van der Waals surface area contributed by atoms with E-state index in [9.17, 15) is 18.0 Å². The third kappa shape index (κ3) is 23.3. The molecule has 2 aromatic carbocycles. The van der Waals surface area contributed by atoms with Gasteiger partial charge in [0.15, 0.2) is 0 Å². The van der Waals surface area contributed by atoms with E-state index < -0.39 is 11.7 Å². The molecule has 0 aliphatic carbocycles. The maximum absolute atomic E-state index is 13.4. The fourth-order valence-electron chi connectivity index (χ4n) is 8.36. The van der Waals surface area contributed by atoms with Gasteiger partial charge in [0.2, 0.25) is 0 Å². The standard InChI is InChI=1S/C29H38F3N3O2S.C22H46O/c1-2-3-4-5-11-28(36)37-21-20-34-18-16-33(17-19-34)14-8-15-35-24-9-6-7-10-26(24)38-27-13-12-23(22-25(27)35)29(30,31)32;1-2-3-4-5-6-7-8-9-10-11-12-13-14-15-16-17-18-19-20-21-22-23/h6-7,9-10,12-13,22H,2-5,8,11,14-21H2,1H3;23H,2-22H2,1H3. The van der Waals surface area contributed by atoms with Crippen molar-refractivity contribution in [3.8, 4) is 0 Å². The number of hydrogen-bond acceptors (Lipinski definition) is 7. The van der Waals surface area contributed by atoms with Gasteiger partial charge in [0.05, 0.1) is 16.9 Å². The second kappa shape index (κ2) is 33.3. The van der Waals surface area contributed by atoms with Crippen molar-refractivity contribution >= 4 is 29.1 Å². The van der Waals surface area contributed by atoms with Crippen LogP contribution in [0.3, 0.4) is 0 Å². The average Bonchev–Trinajstić information content (AvgIpc) is 3.26. The third-order valence-electron chi connectivity index (χ3n) is 12.2. The summed E-state index contributed by atoms with van der Waals surface area (Å²) in [4.78, 5) is 20.6. The highest BCUT2D eigenvalue weighted by Crippen LogP contribution is 2.49. The molecule has 0 spiro atoms. The van der Waals surface area contributed by atoms with Crippen molar-refractivity contribution in [3.05, 3.63) is 48.0 Å². The van der Waals surface area contributed by atoms with Gasteiger partial charge in [0.1, 0.15) is 6.61 Å². The first kappa shape index (κ1) is 53.1. The molecule has 0 unspecified atom stereocenters. The van der Waals surface area contributed by atoms with Crippen molar-refractivity contribution in [2.24, 2.45) is 0 Å². The van der Waals surface area contributed by atoms with Crippen molar-refractivity contribution in [2.75, 3.05) is 63.9 Å². The van der Waals surface area contributed by atoms with Crippen LogP contribution in [0.25, 0.3) is 0 Å². The summed E-state index contributed by atoms with van der Waals surface area (Å²) >= 11 is 1.52. The lowest BCUT2D eigenvalue weighted by Crippen LogP contribution is -2.47. The number of unbranched alkanes of at least 4 members (excludes halogenated alkanes) is 22. The van der Waals surface area contributed by atoms with E-state index in [1.165, 1.54) is 146 Å². The number of anilines is 2. The van der Waals surface area contributed by atoms with Gasteiger partial charge in [-0.3, -0.25) is 9.69 Å². The molecule has 0 atom stereocenters. The second-order valence-corrected chi connectivity index (χ2v) is 18.5. The number of alkyl halides is 3. The van der Waals surface area contributed by atoms with Gasteiger partial charge in [-0.25, -0.2) is 0 Å². The minimum Gasteiger partial charge on any atom is -0.464 e. The molecule has 1 fully saturated rings. The Morgan fingerprint density at radius 1 is 0.590 bits per heavy atom. The van der Waals surface area contributed by atoms with Crippen LogP contribution in [-0.2, 0) is 15.7 Å². The van der Waals surface area contributed by atoms with E-state index >= 15 is 0 Å². The molecule has 10 heteroatoms. The number of piperazine rings is 1. The van der Waals surface area contributed by atoms with Gasteiger partial charge < -0.3 is 19.6 Å². The zero-order valence-corrected chi connectivity index (χ0v) is 39.3. The molecule has 2 aliphatic rings. The normalized spacial score (nSPS) is 14.4. The van der Waals surface area contributed by atoms with Crippen molar-refractivity contribution in [1.82, 2.24) is 9.80 Å². The van der Waals surface area contributed by atoms with Crippen LogP contribution in [0.1, 0.15) is 186 Å². The van der Waals surface area contributed by atoms with E-state index in [-0.39, 0.29) is 5.97 Å². The quantitative estimate of drug-likeness (QED) is 0.0580. The SMILES string of the molecule is CCCCCCC(=O)OCCN1CCN(CCCN2c3ccccc3Sc3ccc(C(F)(F)F)cc32)CC1.CCCCCCCCCCCCCCCCCCCCCCO. The molecule has 0 amide bonds. The first-order valence-corrected chi connectivity index (χ1v) is 25.5. The van der Waals surface area contributed by atoms with Gasteiger partial charge in [-0.05, 0) is 56.1 Å². The Kier molecular flexibility index (Phi) is 28.9. The van der Waals surface area contributed by atoms with E-state index in [4.69, 9.17) is 9.84 Å². The van der Waals surface area contributed by atoms with Gasteiger partial charge in [0, 0.05) is 62.1 Å². The van der Waals surface area contributed by atoms with Crippen molar-refractivity contribution in [1.29, 1.82) is 0 Å². The molecule has 2 aliphatic heterocycles. The second-order valence-electron chi connectivity index (χ2n) is 17.4. The fraction of sp³-hybridized carbons (Fsp3) is 0.745. The number of hydrogen-bond donors (Lipinski definition) is 1. The molecule has 1 saturated heterocycles. The first-order chi connectivity index (χ1) is 29.8. The van der Waals surface area contributed by atoms with E-state index in [2.05, 4.69) is 23.6 Å². The predicted octanol–water partition coefficient (Wildman–Crippen LogP) is 14.6. The number of aliphatic hydroxyl groups excluding tert-OH is 1. The number of fused-ring (bicyclic) bond motifs is 2. The summed E-state index contributed by atoms with van der Waals surface area (Å²) in [5.41, 5.74) is 0.988. The Hall–Kier alpha value is -2.27. The molecular formula is C51H84F3N3O3S. The van der Waals surface area contributed by atoms with Gasteiger partial charge in [-0.2, -0.15) is 13.2 Å². The number of para-hydroxylation sites is 1. The molecule has 4 rings (SSSR count). The van der Waals surface area contributed by atoms with Crippen LogP contribution in [0, 0.1) is 0 Å². The van der Waals surface area contributed by atoms with Gasteiger partial charge in [0.25, 0.3) is 0 Å². The molecule has 2 heterocycles. The summed E-state index contributed by atoms with van der Waals surface area (Å²) in [5.74, 6) is -0.0960. The lowest BCUT2D eigenvalue weighted by atomic mass is 10.0. The summed E-state index contributed by atoms with van der Waals surface area (Å²) in [6.07, 6.45) is 29.4. The number of halogens is 3.